The summed E-state index contributed by atoms with van der Waals surface area (Å²) in [6.45, 7) is 0.742. The second kappa shape index (κ2) is 9.45. The molecule has 1 N–H and O–H groups in total. The number of furan rings is 1. The van der Waals surface area contributed by atoms with Gasteiger partial charge in [-0.25, -0.2) is 4.68 Å². The number of amides is 1. The zero-order chi connectivity index (χ0) is 20.8. The maximum Gasteiger partial charge on any atom is 0.287 e. The number of hydrogen-bond donors (Lipinski definition) is 1. The standard InChI is InChI=1S/C23H20BrN3O3/c24-18-5-4-8-20(13-18)29-16-21-9-10-22(30-21)23(28)25-12-11-17-14-26-27(15-17)19-6-2-1-3-7-19/h1-10,13-15H,11-12,16H2,(H,25,28). The van der Waals surface area contributed by atoms with Gasteiger partial charge in [0.25, 0.3) is 5.91 Å². The minimum atomic E-state index is -0.251. The zero-order valence-electron chi connectivity index (χ0n) is 16.1. The van der Waals surface area contributed by atoms with Crippen molar-refractivity contribution in [2.24, 2.45) is 0 Å². The van der Waals surface area contributed by atoms with Crippen LogP contribution in [-0.2, 0) is 13.0 Å². The lowest BCUT2D eigenvalue weighted by molar-refractivity contribution is 0.0922. The number of nitrogens with zero attached hydrogens (tertiary/aromatic N) is 2. The van der Waals surface area contributed by atoms with Gasteiger partial charge in [-0.15, -0.1) is 0 Å². The van der Waals surface area contributed by atoms with Crippen LogP contribution in [0.5, 0.6) is 5.75 Å². The normalized spacial score (nSPS) is 10.7. The predicted octanol–water partition coefficient (Wildman–Crippen LogP) is 4.78. The van der Waals surface area contributed by atoms with E-state index in [9.17, 15) is 4.79 Å². The van der Waals surface area contributed by atoms with E-state index in [0.29, 0.717) is 18.7 Å². The Morgan fingerprint density at radius 1 is 1.10 bits per heavy atom. The van der Waals surface area contributed by atoms with Crippen molar-refractivity contribution in [3.8, 4) is 11.4 Å². The first-order chi connectivity index (χ1) is 14.7. The molecule has 7 heteroatoms. The molecule has 0 bridgehead atoms. The molecule has 0 aliphatic carbocycles. The Bertz CT molecular complexity index is 1120. The molecule has 0 atom stereocenters. The first kappa shape index (κ1) is 20.0. The Morgan fingerprint density at radius 2 is 1.97 bits per heavy atom. The van der Waals surface area contributed by atoms with Crippen molar-refractivity contribution < 1.29 is 13.9 Å². The summed E-state index contributed by atoms with van der Waals surface area (Å²) in [6.07, 6.45) is 4.45. The third-order valence-corrected chi connectivity index (χ3v) is 4.91. The van der Waals surface area contributed by atoms with Gasteiger partial charge in [0, 0.05) is 17.2 Å². The molecule has 0 saturated carbocycles. The minimum absolute atomic E-state index is 0.251. The fourth-order valence-electron chi connectivity index (χ4n) is 2.91. The van der Waals surface area contributed by atoms with Crippen LogP contribution in [0.3, 0.4) is 0 Å². The summed E-state index contributed by atoms with van der Waals surface area (Å²) in [5.41, 5.74) is 2.04. The van der Waals surface area contributed by atoms with Crippen molar-refractivity contribution >= 4 is 21.8 Å². The molecule has 4 aromatic rings. The van der Waals surface area contributed by atoms with Crippen LogP contribution in [0.25, 0.3) is 5.69 Å². The van der Waals surface area contributed by atoms with Crippen LogP contribution in [0.15, 0.2) is 88.0 Å². The van der Waals surface area contributed by atoms with Gasteiger partial charge in [0.1, 0.15) is 18.1 Å². The van der Waals surface area contributed by atoms with Gasteiger partial charge in [0.05, 0.1) is 11.9 Å². The molecule has 2 aromatic heterocycles. The molecule has 0 aliphatic heterocycles. The van der Waals surface area contributed by atoms with Gasteiger partial charge in [-0.2, -0.15) is 5.10 Å². The van der Waals surface area contributed by atoms with Gasteiger partial charge in [-0.05, 0) is 54.4 Å². The van der Waals surface area contributed by atoms with E-state index in [1.807, 2.05) is 71.7 Å². The third kappa shape index (κ3) is 5.18. The number of hydrogen-bond acceptors (Lipinski definition) is 4. The summed E-state index contributed by atoms with van der Waals surface area (Å²) in [5.74, 6) is 1.33. The van der Waals surface area contributed by atoms with Crippen LogP contribution in [0.1, 0.15) is 21.9 Å². The first-order valence-electron chi connectivity index (χ1n) is 9.51. The highest BCUT2D eigenvalue weighted by atomic mass is 79.9. The Labute approximate surface area is 182 Å². The molecule has 0 spiro atoms. The third-order valence-electron chi connectivity index (χ3n) is 4.42. The number of benzene rings is 2. The number of nitrogens with one attached hydrogen (secondary N) is 1. The fourth-order valence-corrected chi connectivity index (χ4v) is 3.29. The van der Waals surface area contributed by atoms with Gasteiger partial charge >= 0.3 is 0 Å². The van der Waals surface area contributed by atoms with E-state index in [2.05, 4.69) is 26.3 Å². The monoisotopic (exact) mass is 465 g/mol. The average molecular weight is 466 g/mol. The van der Waals surface area contributed by atoms with E-state index in [1.54, 1.807) is 12.1 Å². The molecule has 1 amide bonds. The summed E-state index contributed by atoms with van der Waals surface area (Å²) < 4.78 is 14.0. The van der Waals surface area contributed by atoms with Crippen LogP contribution in [0.2, 0.25) is 0 Å². The molecule has 0 radical (unpaired) electrons. The SMILES string of the molecule is O=C(NCCc1cnn(-c2ccccc2)c1)c1ccc(COc2cccc(Br)c2)o1. The number of carbonyl (C=O) groups excluding carboxylic acids is 1. The summed E-state index contributed by atoms with van der Waals surface area (Å²) >= 11 is 3.40. The van der Waals surface area contributed by atoms with E-state index in [0.717, 1.165) is 21.5 Å². The second-order valence-electron chi connectivity index (χ2n) is 6.65. The first-order valence-corrected chi connectivity index (χ1v) is 10.3. The van der Waals surface area contributed by atoms with Crippen molar-refractivity contribution in [2.45, 2.75) is 13.0 Å². The Kier molecular flexibility index (Phi) is 6.29. The van der Waals surface area contributed by atoms with Crippen molar-refractivity contribution in [1.29, 1.82) is 0 Å². The Morgan fingerprint density at radius 3 is 2.80 bits per heavy atom. The van der Waals surface area contributed by atoms with E-state index < -0.39 is 0 Å². The predicted molar refractivity (Wildman–Crippen MR) is 117 cm³/mol. The number of aromatic nitrogens is 2. The van der Waals surface area contributed by atoms with E-state index >= 15 is 0 Å². The smallest absolute Gasteiger partial charge is 0.287 e. The van der Waals surface area contributed by atoms with Crippen molar-refractivity contribution in [2.75, 3.05) is 6.54 Å². The molecule has 2 aromatic carbocycles. The van der Waals surface area contributed by atoms with Gasteiger partial charge in [-0.1, -0.05) is 40.2 Å². The maximum atomic E-state index is 12.3. The van der Waals surface area contributed by atoms with Crippen LogP contribution in [0.4, 0.5) is 0 Å². The lowest BCUT2D eigenvalue weighted by Crippen LogP contribution is -2.25. The topological polar surface area (TPSA) is 69.3 Å². The zero-order valence-corrected chi connectivity index (χ0v) is 17.7. The number of ether oxygens (including phenoxy) is 1. The van der Waals surface area contributed by atoms with Crippen LogP contribution < -0.4 is 10.1 Å². The molecule has 4 rings (SSSR count). The number of para-hydroxylation sites is 1. The second-order valence-corrected chi connectivity index (χ2v) is 7.56. The number of halogens is 1. The lowest BCUT2D eigenvalue weighted by atomic mass is 10.2. The molecular weight excluding hydrogens is 446 g/mol. The molecule has 152 valence electrons. The van der Waals surface area contributed by atoms with Crippen LogP contribution in [-0.4, -0.2) is 22.2 Å². The van der Waals surface area contributed by atoms with Crippen LogP contribution >= 0.6 is 15.9 Å². The fraction of sp³-hybridized carbons (Fsp3) is 0.130. The average Bonchev–Trinajstić information content (AvgIpc) is 3.43. The molecule has 2 heterocycles. The maximum absolute atomic E-state index is 12.3. The van der Waals surface area contributed by atoms with Gasteiger partial charge in [0.15, 0.2) is 5.76 Å². The summed E-state index contributed by atoms with van der Waals surface area (Å²) in [5, 5.41) is 7.24. The number of carbonyl (C=O) groups is 1. The van der Waals surface area contributed by atoms with Gasteiger partial charge < -0.3 is 14.5 Å². The van der Waals surface area contributed by atoms with Gasteiger partial charge in [-0.3, -0.25) is 4.79 Å². The molecule has 0 unspecified atom stereocenters. The lowest BCUT2D eigenvalue weighted by Gasteiger charge is -2.04. The van der Waals surface area contributed by atoms with Crippen molar-refractivity contribution in [3.63, 3.8) is 0 Å². The van der Waals surface area contributed by atoms with Crippen LogP contribution in [0, 0.1) is 0 Å². The highest BCUT2D eigenvalue weighted by Gasteiger charge is 2.11. The van der Waals surface area contributed by atoms with Crippen molar-refractivity contribution in [3.05, 3.63) is 101 Å². The molecule has 6 nitrogen and oxygen atoms in total. The highest BCUT2D eigenvalue weighted by Crippen LogP contribution is 2.19. The summed E-state index contributed by atoms with van der Waals surface area (Å²) in [6, 6.07) is 20.9. The van der Waals surface area contributed by atoms with Crippen molar-refractivity contribution in [1.82, 2.24) is 15.1 Å². The number of rotatable bonds is 8. The van der Waals surface area contributed by atoms with E-state index in [-0.39, 0.29) is 18.3 Å². The van der Waals surface area contributed by atoms with E-state index in [1.165, 1.54) is 0 Å². The molecule has 0 fully saturated rings. The summed E-state index contributed by atoms with van der Waals surface area (Å²) in [4.78, 5) is 12.3. The van der Waals surface area contributed by atoms with Gasteiger partial charge in [0.2, 0.25) is 0 Å². The van der Waals surface area contributed by atoms with E-state index in [4.69, 9.17) is 9.15 Å². The summed E-state index contributed by atoms with van der Waals surface area (Å²) in [7, 11) is 0. The Balaban J connectivity index is 1.25. The minimum Gasteiger partial charge on any atom is -0.486 e. The Hall–Kier alpha value is -3.32. The molecule has 0 saturated heterocycles. The molecule has 30 heavy (non-hydrogen) atoms. The highest BCUT2D eigenvalue weighted by molar-refractivity contribution is 9.10. The largest absolute Gasteiger partial charge is 0.486 e. The molecule has 0 aliphatic rings. The quantitative estimate of drug-likeness (QED) is 0.406. The molecular formula is C23H20BrN3O3.